The summed E-state index contributed by atoms with van der Waals surface area (Å²) in [5.74, 6) is -4.77. The standard InChI is InChI=1S/C25H23F5N4O5/c1-12(25(28,29)30)34(11-13-5-15(26)8-16(27)6-13)20(35)7-14-10-24(21(36)33-23(38)39-24)19-4-3-17(9-18(14)19)32-22(37)31-2/h3-6,8-9,12,14H,7,10-11H2,1-2H3,(H2,31,32,37)(H,33,36,38)/t12-,14?,24+/m0/s1. The predicted octanol–water partition coefficient (Wildman–Crippen LogP) is 4.03. The number of amides is 5. The van der Waals surface area contributed by atoms with Crippen LogP contribution in [0.1, 0.15) is 42.4 Å². The van der Waals surface area contributed by atoms with Gasteiger partial charge in [0.1, 0.15) is 17.7 Å². The molecule has 39 heavy (non-hydrogen) atoms. The zero-order valence-electron chi connectivity index (χ0n) is 20.6. The predicted molar refractivity (Wildman–Crippen MR) is 125 cm³/mol. The summed E-state index contributed by atoms with van der Waals surface area (Å²) in [7, 11) is 1.38. The quantitative estimate of drug-likeness (QED) is 0.467. The number of fused-ring (bicyclic) bond motifs is 2. The second-order valence-corrected chi connectivity index (χ2v) is 9.30. The molecule has 14 heteroatoms. The van der Waals surface area contributed by atoms with E-state index in [2.05, 4.69) is 10.6 Å². The van der Waals surface area contributed by atoms with Gasteiger partial charge in [-0.1, -0.05) is 6.07 Å². The zero-order valence-corrected chi connectivity index (χ0v) is 20.6. The van der Waals surface area contributed by atoms with Gasteiger partial charge < -0.3 is 20.3 Å². The highest BCUT2D eigenvalue weighted by molar-refractivity contribution is 6.04. The van der Waals surface area contributed by atoms with Crippen LogP contribution in [0.3, 0.4) is 0 Å². The van der Waals surface area contributed by atoms with E-state index in [9.17, 15) is 41.1 Å². The van der Waals surface area contributed by atoms with E-state index in [-0.39, 0.29) is 23.2 Å². The molecule has 3 N–H and O–H groups in total. The van der Waals surface area contributed by atoms with Crippen LogP contribution in [0, 0.1) is 11.6 Å². The van der Waals surface area contributed by atoms with Crippen LogP contribution in [-0.2, 0) is 26.5 Å². The number of halogens is 5. The minimum Gasteiger partial charge on any atom is -0.427 e. The summed E-state index contributed by atoms with van der Waals surface area (Å²) in [6.07, 6.45) is -6.70. The van der Waals surface area contributed by atoms with Crippen molar-refractivity contribution in [2.75, 3.05) is 12.4 Å². The van der Waals surface area contributed by atoms with Crippen LogP contribution in [0.5, 0.6) is 0 Å². The van der Waals surface area contributed by atoms with Crippen molar-refractivity contribution in [2.24, 2.45) is 0 Å². The lowest BCUT2D eigenvalue weighted by atomic mass is 9.94. The molecule has 2 aromatic rings. The highest BCUT2D eigenvalue weighted by Crippen LogP contribution is 2.51. The van der Waals surface area contributed by atoms with Gasteiger partial charge >= 0.3 is 18.3 Å². The fourth-order valence-corrected chi connectivity index (χ4v) is 4.87. The smallest absolute Gasteiger partial charge is 0.415 e. The van der Waals surface area contributed by atoms with Gasteiger partial charge in [0.05, 0.1) is 0 Å². The Labute approximate surface area is 218 Å². The maximum Gasteiger partial charge on any atom is 0.415 e. The van der Waals surface area contributed by atoms with Crippen LogP contribution in [-0.4, -0.2) is 48.1 Å². The number of imide groups is 1. The summed E-state index contributed by atoms with van der Waals surface area (Å²) in [5.41, 5.74) is -1.23. The molecule has 4 rings (SSSR count). The highest BCUT2D eigenvalue weighted by atomic mass is 19.4. The van der Waals surface area contributed by atoms with Gasteiger partial charge in [0, 0.05) is 43.8 Å². The molecule has 0 radical (unpaired) electrons. The maximum absolute atomic E-state index is 13.7. The Bertz CT molecular complexity index is 1330. The average Bonchev–Trinajstić information content (AvgIpc) is 3.29. The van der Waals surface area contributed by atoms with Crippen LogP contribution >= 0.6 is 0 Å². The van der Waals surface area contributed by atoms with E-state index in [4.69, 9.17) is 4.74 Å². The van der Waals surface area contributed by atoms with Gasteiger partial charge in [0.2, 0.25) is 11.5 Å². The van der Waals surface area contributed by atoms with Crippen molar-refractivity contribution < 1.29 is 45.9 Å². The number of nitrogens with one attached hydrogen (secondary N) is 3. The second-order valence-electron chi connectivity index (χ2n) is 9.30. The van der Waals surface area contributed by atoms with Gasteiger partial charge in [-0.2, -0.15) is 13.2 Å². The lowest BCUT2D eigenvalue weighted by Gasteiger charge is -2.32. The van der Waals surface area contributed by atoms with E-state index >= 15 is 0 Å². The number of nitrogens with zero attached hydrogens (tertiary/aromatic N) is 1. The Kier molecular flexibility index (Phi) is 7.23. The molecule has 1 unspecified atom stereocenters. The van der Waals surface area contributed by atoms with E-state index < -0.39 is 72.3 Å². The van der Waals surface area contributed by atoms with Crippen LogP contribution in [0.15, 0.2) is 36.4 Å². The van der Waals surface area contributed by atoms with Crippen LogP contribution in [0.25, 0.3) is 0 Å². The molecule has 0 saturated carbocycles. The van der Waals surface area contributed by atoms with E-state index in [0.717, 1.165) is 19.1 Å². The molecule has 2 aromatic carbocycles. The second kappa shape index (κ2) is 10.2. The first-order chi connectivity index (χ1) is 18.2. The molecule has 1 saturated heterocycles. The molecule has 0 bridgehead atoms. The number of alkyl halides is 3. The van der Waals surface area contributed by atoms with Crippen molar-refractivity contribution in [1.82, 2.24) is 15.5 Å². The van der Waals surface area contributed by atoms with Crippen molar-refractivity contribution in [3.8, 4) is 0 Å². The molecule has 9 nitrogen and oxygen atoms in total. The highest BCUT2D eigenvalue weighted by Gasteiger charge is 2.57. The van der Waals surface area contributed by atoms with Gasteiger partial charge in [-0.05, 0) is 48.2 Å². The number of alkyl carbamates (subject to hydrolysis) is 1. The third-order valence-corrected chi connectivity index (χ3v) is 6.75. The third-order valence-electron chi connectivity index (χ3n) is 6.75. The first-order valence-electron chi connectivity index (χ1n) is 11.7. The van der Waals surface area contributed by atoms with Gasteiger partial charge in [0.25, 0.3) is 5.91 Å². The van der Waals surface area contributed by atoms with E-state index in [0.29, 0.717) is 16.5 Å². The topological polar surface area (TPSA) is 117 Å². The van der Waals surface area contributed by atoms with Crippen LogP contribution in [0.2, 0.25) is 0 Å². The molecular weight excluding hydrogens is 531 g/mol. The Balaban J connectivity index is 1.69. The first kappa shape index (κ1) is 27.8. The number of urea groups is 1. The van der Waals surface area contributed by atoms with Gasteiger partial charge in [-0.25, -0.2) is 18.4 Å². The molecule has 5 amide bonds. The number of ether oxygens (including phenoxy) is 1. The fourth-order valence-electron chi connectivity index (χ4n) is 4.87. The van der Waals surface area contributed by atoms with Gasteiger partial charge in [-0.3, -0.25) is 14.9 Å². The average molecular weight is 554 g/mol. The number of carbonyl (C=O) groups excluding carboxylic acids is 4. The van der Waals surface area contributed by atoms with Gasteiger partial charge in [0.15, 0.2) is 0 Å². The minimum absolute atomic E-state index is 0.193. The number of rotatable bonds is 6. The molecule has 2 aliphatic rings. The van der Waals surface area contributed by atoms with Crippen molar-refractivity contribution >= 4 is 29.6 Å². The summed E-state index contributed by atoms with van der Waals surface area (Å²) < 4.78 is 73.9. The van der Waals surface area contributed by atoms with Crippen molar-refractivity contribution in [3.63, 3.8) is 0 Å². The number of carbonyl (C=O) groups is 4. The number of benzene rings is 2. The minimum atomic E-state index is -4.86. The van der Waals surface area contributed by atoms with Crippen LogP contribution < -0.4 is 16.0 Å². The van der Waals surface area contributed by atoms with E-state index in [1.807, 2.05) is 5.32 Å². The number of hydrogen-bond acceptors (Lipinski definition) is 5. The van der Waals surface area contributed by atoms with E-state index in [1.54, 1.807) is 0 Å². The number of anilines is 1. The summed E-state index contributed by atoms with van der Waals surface area (Å²) in [6, 6.07) is 3.61. The molecule has 1 spiro atoms. The fraction of sp³-hybridized carbons (Fsp3) is 0.360. The SMILES string of the molecule is CNC(=O)Nc1ccc2c(c1)C(CC(=O)N(Cc1cc(F)cc(F)c1)[C@@H](C)C(F)(F)F)C[C@@]21OC(=O)NC1=O. The Morgan fingerprint density at radius 1 is 1.15 bits per heavy atom. The van der Waals surface area contributed by atoms with Crippen molar-refractivity contribution in [3.05, 3.63) is 64.7 Å². The molecule has 1 aliphatic carbocycles. The summed E-state index contributed by atoms with van der Waals surface area (Å²) in [6.45, 7) is 0.00185. The van der Waals surface area contributed by atoms with Crippen LogP contribution in [0.4, 0.5) is 37.2 Å². The summed E-state index contributed by atoms with van der Waals surface area (Å²) >= 11 is 0. The summed E-state index contributed by atoms with van der Waals surface area (Å²) in [5, 5.41) is 6.91. The maximum atomic E-state index is 13.7. The lowest BCUT2D eigenvalue weighted by Crippen LogP contribution is -2.46. The van der Waals surface area contributed by atoms with Gasteiger partial charge in [-0.15, -0.1) is 0 Å². The first-order valence-corrected chi connectivity index (χ1v) is 11.7. The molecule has 1 aliphatic heterocycles. The number of hydrogen-bond donors (Lipinski definition) is 3. The molecule has 1 fully saturated rings. The zero-order chi connectivity index (χ0) is 28.7. The molecule has 0 aromatic heterocycles. The Hall–Kier alpha value is -4.23. The normalized spacial score (nSPS) is 20.7. The Morgan fingerprint density at radius 2 is 1.82 bits per heavy atom. The summed E-state index contributed by atoms with van der Waals surface area (Å²) in [4.78, 5) is 50.2. The molecule has 1 heterocycles. The van der Waals surface area contributed by atoms with E-state index in [1.165, 1.54) is 25.2 Å². The lowest BCUT2D eigenvalue weighted by molar-refractivity contribution is -0.187. The monoisotopic (exact) mass is 554 g/mol. The largest absolute Gasteiger partial charge is 0.427 e. The third kappa shape index (κ3) is 5.49. The van der Waals surface area contributed by atoms with Crippen molar-refractivity contribution in [2.45, 2.75) is 50.0 Å². The van der Waals surface area contributed by atoms with Crippen molar-refractivity contribution in [1.29, 1.82) is 0 Å². The molecular formula is C25H23F5N4O5. The molecule has 3 atom stereocenters. The molecule has 208 valence electrons. The Morgan fingerprint density at radius 3 is 2.38 bits per heavy atom.